The molecule has 1 aromatic rings. The molecule has 0 saturated heterocycles. The highest BCUT2D eigenvalue weighted by Crippen LogP contribution is 2.14. The topological polar surface area (TPSA) is 46.2 Å². The zero-order chi connectivity index (χ0) is 7.56. The van der Waals surface area contributed by atoms with Crippen LogP contribution in [0.4, 0.5) is 5.69 Å². The Morgan fingerprint density at radius 2 is 2.20 bits per heavy atom. The molecule has 0 aliphatic carbocycles. The highest BCUT2D eigenvalue weighted by atomic mass is 35.5. The quantitative estimate of drug-likeness (QED) is 0.439. The summed E-state index contributed by atoms with van der Waals surface area (Å²) < 4.78 is 0. The number of benzene rings is 1. The minimum atomic E-state index is 0.00136. The molecule has 0 radical (unpaired) electrons. The van der Waals surface area contributed by atoms with Crippen molar-refractivity contribution in [1.29, 1.82) is 0 Å². The SMILES string of the molecule is Nc1cc(BO)ccc1Cl. The summed E-state index contributed by atoms with van der Waals surface area (Å²) >= 11 is 5.63. The van der Waals surface area contributed by atoms with Gasteiger partial charge in [0.15, 0.2) is 0 Å². The van der Waals surface area contributed by atoms with Crippen LogP contribution in [0.25, 0.3) is 0 Å². The van der Waals surface area contributed by atoms with Gasteiger partial charge in [0.25, 0.3) is 0 Å². The van der Waals surface area contributed by atoms with Crippen molar-refractivity contribution in [3.63, 3.8) is 0 Å². The molecule has 0 unspecified atom stereocenters. The van der Waals surface area contributed by atoms with Crippen LogP contribution in [0.1, 0.15) is 0 Å². The lowest BCUT2D eigenvalue weighted by Crippen LogP contribution is -2.13. The van der Waals surface area contributed by atoms with E-state index in [1.165, 1.54) is 0 Å². The fourth-order valence-corrected chi connectivity index (χ4v) is 0.809. The van der Waals surface area contributed by atoms with Crippen molar-refractivity contribution >= 4 is 30.2 Å². The highest BCUT2D eigenvalue weighted by molar-refractivity contribution is 6.46. The molecular formula is C6H7BClNO. The molecule has 0 heterocycles. The summed E-state index contributed by atoms with van der Waals surface area (Å²) in [6.07, 6.45) is 0. The summed E-state index contributed by atoms with van der Waals surface area (Å²) in [5.74, 6) is 0. The van der Waals surface area contributed by atoms with Gasteiger partial charge in [0.2, 0.25) is 0 Å². The van der Waals surface area contributed by atoms with Crippen LogP contribution in [0.2, 0.25) is 5.02 Å². The van der Waals surface area contributed by atoms with E-state index >= 15 is 0 Å². The van der Waals surface area contributed by atoms with Crippen LogP contribution < -0.4 is 11.2 Å². The average Bonchev–Trinajstić information content (AvgIpc) is 1.95. The molecular weight excluding hydrogens is 148 g/mol. The number of nitrogens with two attached hydrogens (primary N) is 1. The average molecular weight is 155 g/mol. The van der Waals surface area contributed by atoms with Gasteiger partial charge in [0, 0.05) is 5.69 Å². The molecule has 0 saturated carbocycles. The first-order valence-corrected chi connectivity index (χ1v) is 3.26. The molecule has 0 aliphatic heterocycles. The zero-order valence-corrected chi connectivity index (χ0v) is 6.10. The predicted molar refractivity (Wildman–Crippen MR) is 44.9 cm³/mol. The smallest absolute Gasteiger partial charge is 0.304 e. The van der Waals surface area contributed by atoms with E-state index in [2.05, 4.69) is 0 Å². The maximum Gasteiger partial charge on any atom is 0.304 e. The largest absolute Gasteiger partial charge is 0.449 e. The van der Waals surface area contributed by atoms with E-state index in [9.17, 15) is 0 Å². The van der Waals surface area contributed by atoms with Gasteiger partial charge in [-0.05, 0) is 12.1 Å². The fourth-order valence-electron chi connectivity index (χ4n) is 0.692. The second kappa shape index (κ2) is 2.95. The number of rotatable bonds is 1. The minimum Gasteiger partial charge on any atom is -0.449 e. The molecule has 0 atom stereocenters. The summed E-state index contributed by atoms with van der Waals surface area (Å²) in [4.78, 5) is 0. The van der Waals surface area contributed by atoms with Crippen molar-refractivity contribution in [3.8, 4) is 0 Å². The first-order chi connectivity index (χ1) is 4.74. The first-order valence-electron chi connectivity index (χ1n) is 2.89. The van der Waals surface area contributed by atoms with Crippen LogP contribution in [0, 0.1) is 0 Å². The third-order valence-electron chi connectivity index (χ3n) is 1.24. The van der Waals surface area contributed by atoms with Crippen LogP contribution >= 0.6 is 11.6 Å². The summed E-state index contributed by atoms with van der Waals surface area (Å²) in [6.45, 7) is 0. The molecule has 0 spiro atoms. The number of hydrogen-bond acceptors (Lipinski definition) is 2. The lowest BCUT2D eigenvalue weighted by atomic mass is 9.89. The first kappa shape index (κ1) is 7.44. The second-order valence-electron chi connectivity index (χ2n) is 2.01. The van der Waals surface area contributed by atoms with Gasteiger partial charge in [-0.25, -0.2) is 0 Å². The highest BCUT2D eigenvalue weighted by Gasteiger charge is 1.96. The zero-order valence-electron chi connectivity index (χ0n) is 5.34. The summed E-state index contributed by atoms with van der Waals surface area (Å²) in [6, 6.07) is 5.06. The van der Waals surface area contributed by atoms with E-state index < -0.39 is 0 Å². The van der Waals surface area contributed by atoms with Crippen LogP contribution in [0.3, 0.4) is 0 Å². The van der Waals surface area contributed by atoms with E-state index in [0.29, 0.717) is 10.7 Å². The molecule has 0 aliphatic rings. The molecule has 1 aromatic carbocycles. The van der Waals surface area contributed by atoms with E-state index in [1.807, 2.05) is 0 Å². The van der Waals surface area contributed by atoms with E-state index in [1.54, 1.807) is 18.2 Å². The number of nitrogen functional groups attached to an aromatic ring is 1. The summed E-state index contributed by atoms with van der Waals surface area (Å²) in [5, 5.41) is 9.18. The van der Waals surface area contributed by atoms with Gasteiger partial charge in [-0.3, -0.25) is 0 Å². The van der Waals surface area contributed by atoms with Crippen LogP contribution in [0.15, 0.2) is 18.2 Å². The monoisotopic (exact) mass is 155 g/mol. The number of anilines is 1. The van der Waals surface area contributed by atoms with Gasteiger partial charge in [-0.1, -0.05) is 23.1 Å². The van der Waals surface area contributed by atoms with Gasteiger partial charge < -0.3 is 10.8 Å². The third-order valence-corrected chi connectivity index (χ3v) is 1.59. The Morgan fingerprint density at radius 1 is 1.50 bits per heavy atom. The van der Waals surface area contributed by atoms with Crippen LogP contribution in [-0.2, 0) is 0 Å². The maximum absolute atomic E-state index is 8.65. The Bertz CT molecular complexity index is 241. The van der Waals surface area contributed by atoms with E-state index in [4.69, 9.17) is 22.4 Å². The summed E-state index contributed by atoms with van der Waals surface area (Å²) in [7, 11) is 0.00136. The lowest BCUT2D eigenvalue weighted by molar-refractivity contribution is 0.615. The van der Waals surface area contributed by atoms with E-state index in [0.717, 1.165) is 5.46 Å². The Hall–Kier alpha value is -0.665. The van der Waals surface area contributed by atoms with Gasteiger partial charge in [0.05, 0.1) is 5.02 Å². The van der Waals surface area contributed by atoms with E-state index in [-0.39, 0.29) is 7.48 Å². The molecule has 10 heavy (non-hydrogen) atoms. The standard InChI is InChI=1S/C6H7BClNO/c8-5-2-1-4(7-10)3-6(5)9/h1-3,7,10H,9H2. The van der Waals surface area contributed by atoms with Gasteiger partial charge in [-0.2, -0.15) is 0 Å². The number of halogens is 1. The van der Waals surface area contributed by atoms with Gasteiger partial charge in [-0.15, -0.1) is 0 Å². The molecule has 0 bridgehead atoms. The van der Waals surface area contributed by atoms with Crippen molar-refractivity contribution in [2.75, 3.05) is 5.73 Å². The normalized spacial score (nSPS) is 9.40. The van der Waals surface area contributed by atoms with Gasteiger partial charge >= 0.3 is 7.48 Å². The molecule has 1 rings (SSSR count). The molecule has 3 N–H and O–H groups in total. The third kappa shape index (κ3) is 1.43. The van der Waals surface area contributed by atoms with Crippen molar-refractivity contribution in [2.45, 2.75) is 0 Å². The Labute approximate surface area is 64.9 Å². The second-order valence-corrected chi connectivity index (χ2v) is 2.42. The molecule has 2 nitrogen and oxygen atoms in total. The van der Waals surface area contributed by atoms with Crippen molar-refractivity contribution < 1.29 is 5.02 Å². The van der Waals surface area contributed by atoms with Crippen molar-refractivity contribution in [1.82, 2.24) is 0 Å². The van der Waals surface area contributed by atoms with Crippen LogP contribution in [-0.4, -0.2) is 12.5 Å². The lowest BCUT2D eigenvalue weighted by Gasteiger charge is -1.98. The Morgan fingerprint density at radius 3 is 2.70 bits per heavy atom. The van der Waals surface area contributed by atoms with Crippen molar-refractivity contribution in [2.24, 2.45) is 0 Å². The Kier molecular flexibility index (Phi) is 2.19. The van der Waals surface area contributed by atoms with Gasteiger partial charge in [0.1, 0.15) is 0 Å². The Balaban J connectivity index is 3.04. The molecule has 52 valence electrons. The molecule has 0 amide bonds. The molecule has 0 fully saturated rings. The maximum atomic E-state index is 8.65. The van der Waals surface area contributed by atoms with Crippen molar-refractivity contribution in [3.05, 3.63) is 23.2 Å². The molecule has 4 heteroatoms. The minimum absolute atomic E-state index is 0.00136. The summed E-state index contributed by atoms with van der Waals surface area (Å²) in [5.41, 5.74) is 6.74. The molecule has 0 aromatic heterocycles. The predicted octanol–water partition coefficient (Wildman–Crippen LogP) is -0.109. The number of hydrogen-bond donors (Lipinski definition) is 2. The fraction of sp³-hybridized carbons (Fsp3) is 0. The van der Waals surface area contributed by atoms with Crippen LogP contribution in [0.5, 0.6) is 0 Å².